The quantitative estimate of drug-likeness (QED) is 0.677. The van der Waals surface area contributed by atoms with Crippen molar-refractivity contribution in [3.05, 3.63) is 59.9 Å². The molecule has 108 valence electrons. The number of benzene rings is 1. The average Bonchev–Trinajstić information content (AvgIpc) is 2.54. The largest absolute Gasteiger partial charge is 0.494 e. The number of hydrogen-bond acceptors (Lipinski definition) is 4. The summed E-state index contributed by atoms with van der Waals surface area (Å²) in [5.41, 5.74) is 4.70. The van der Waals surface area contributed by atoms with E-state index in [1.165, 1.54) is 0 Å². The van der Waals surface area contributed by atoms with Gasteiger partial charge in [-0.1, -0.05) is 0 Å². The van der Waals surface area contributed by atoms with Crippen molar-refractivity contribution in [2.45, 2.75) is 13.8 Å². The third-order valence-electron chi connectivity index (χ3n) is 2.85. The standard InChI is InChI=1S/C16H17N3O2/c1-3-21-15-6-4-13(5-7-15)12(2)18-19-16(20)14-8-10-17-11-9-14/h4-11H,3H2,1-2H3,(H,19,20). The van der Waals surface area contributed by atoms with Gasteiger partial charge in [-0.15, -0.1) is 0 Å². The summed E-state index contributed by atoms with van der Waals surface area (Å²) in [5, 5.41) is 4.10. The van der Waals surface area contributed by atoms with E-state index in [-0.39, 0.29) is 5.91 Å². The number of hydrazone groups is 1. The smallest absolute Gasteiger partial charge is 0.271 e. The molecule has 21 heavy (non-hydrogen) atoms. The molecule has 1 amide bonds. The third-order valence-corrected chi connectivity index (χ3v) is 2.85. The van der Waals surface area contributed by atoms with Crippen LogP contribution in [0.4, 0.5) is 0 Å². The molecular formula is C16H17N3O2. The van der Waals surface area contributed by atoms with E-state index >= 15 is 0 Å². The fraction of sp³-hybridized carbons (Fsp3) is 0.188. The van der Waals surface area contributed by atoms with E-state index in [0.29, 0.717) is 12.2 Å². The number of pyridine rings is 1. The van der Waals surface area contributed by atoms with Crippen LogP contribution >= 0.6 is 0 Å². The van der Waals surface area contributed by atoms with E-state index in [1.54, 1.807) is 24.5 Å². The Morgan fingerprint density at radius 1 is 1.14 bits per heavy atom. The number of hydrogen-bond donors (Lipinski definition) is 1. The average molecular weight is 283 g/mol. The van der Waals surface area contributed by atoms with Crippen LogP contribution in [0.25, 0.3) is 0 Å². The zero-order valence-electron chi connectivity index (χ0n) is 12.0. The zero-order chi connectivity index (χ0) is 15.1. The Labute approximate surface area is 123 Å². The number of carbonyl (C=O) groups is 1. The summed E-state index contributed by atoms with van der Waals surface area (Å²) in [6, 6.07) is 10.8. The number of carbonyl (C=O) groups excluding carboxylic acids is 1. The summed E-state index contributed by atoms with van der Waals surface area (Å²) in [5.74, 6) is 0.553. The summed E-state index contributed by atoms with van der Waals surface area (Å²) in [6.07, 6.45) is 3.13. The predicted octanol–water partition coefficient (Wildman–Crippen LogP) is 2.63. The minimum Gasteiger partial charge on any atom is -0.494 e. The molecule has 0 fully saturated rings. The highest BCUT2D eigenvalue weighted by Gasteiger charge is 2.04. The molecule has 0 spiro atoms. The van der Waals surface area contributed by atoms with Gasteiger partial charge in [0.2, 0.25) is 0 Å². The molecule has 0 radical (unpaired) electrons. The van der Waals surface area contributed by atoms with Gasteiger partial charge in [0.15, 0.2) is 0 Å². The van der Waals surface area contributed by atoms with Gasteiger partial charge in [0.05, 0.1) is 12.3 Å². The minimum absolute atomic E-state index is 0.261. The van der Waals surface area contributed by atoms with Crippen molar-refractivity contribution in [2.75, 3.05) is 6.61 Å². The Hall–Kier alpha value is -2.69. The van der Waals surface area contributed by atoms with Gasteiger partial charge < -0.3 is 4.74 Å². The van der Waals surface area contributed by atoms with Crippen molar-refractivity contribution in [3.8, 4) is 5.75 Å². The molecule has 2 rings (SSSR count). The predicted molar refractivity (Wildman–Crippen MR) is 81.5 cm³/mol. The van der Waals surface area contributed by atoms with Crippen molar-refractivity contribution in [3.63, 3.8) is 0 Å². The summed E-state index contributed by atoms with van der Waals surface area (Å²) >= 11 is 0. The molecule has 0 saturated heterocycles. The summed E-state index contributed by atoms with van der Waals surface area (Å²) in [4.78, 5) is 15.7. The van der Waals surface area contributed by atoms with Crippen LogP contribution in [0.3, 0.4) is 0 Å². The summed E-state index contributed by atoms with van der Waals surface area (Å²) in [6.45, 7) is 4.41. The Kier molecular flexibility index (Phi) is 5.04. The number of aromatic nitrogens is 1. The van der Waals surface area contributed by atoms with Crippen molar-refractivity contribution < 1.29 is 9.53 Å². The summed E-state index contributed by atoms with van der Waals surface area (Å²) < 4.78 is 5.38. The van der Waals surface area contributed by atoms with Crippen LogP contribution in [0.1, 0.15) is 29.8 Å². The molecule has 0 aliphatic heterocycles. The second kappa shape index (κ2) is 7.19. The molecular weight excluding hydrogens is 266 g/mol. The van der Waals surface area contributed by atoms with Gasteiger partial charge in [-0.25, -0.2) is 5.43 Å². The first-order valence-corrected chi connectivity index (χ1v) is 6.68. The number of rotatable bonds is 5. The summed E-state index contributed by atoms with van der Waals surface area (Å²) in [7, 11) is 0. The lowest BCUT2D eigenvalue weighted by molar-refractivity contribution is 0.0954. The molecule has 5 heteroatoms. The van der Waals surface area contributed by atoms with E-state index in [1.807, 2.05) is 38.1 Å². The van der Waals surface area contributed by atoms with Gasteiger partial charge >= 0.3 is 0 Å². The SMILES string of the molecule is CCOc1ccc(C(C)=NNC(=O)c2ccncc2)cc1. The zero-order valence-corrected chi connectivity index (χ0v) is 12.0. The third kappa shape index (κ3) is 4.14. The van der Waals surface area contributed by atoms with Crippen LogP contribution in [0.2, 0.25) is 0 Å². The van der Waals surface area contributed by atoms with Crippen molar-refractivity contribution in [2.24, 2.45) is 5.10 Å². The number of nitrogens with one attached hydrogen (secondary N) is 1. The number of ether oxygens (including phenoxy) is 1. The molecule has 1 aromatic carbocycles. The van der Waals surface area contributed by atoms with Gasteiger partial charge in [0.25, 0.3) is 5.91 Å². The van der Waals surface area contributed by atoms with Crippen molar-refractivity contribution >= 4 is 11.6 Å². The van der Waals surface area contributed by atoms with Gasteiger partial charge in [-0.05, 0) is 55.8 Å². The molecule has 0 bridgehead atoms. The van der Waals surface area contributed by atoms with Crippen LogP contribution < -0.4 is 10.2 Å². The molecule has 0 aliphatic carbocycles. The lowest BCUT2D eigenvalue weighted by atomic mass is 10.1. The molecule has 1 aromatic heterocycles. The maximum Gasteiger partial charge on any atom is 0.271 e. The highest BCUT2D eigenvalue weighted by Crippen LogP contribution is 2.12. The topological polar surface area (TPSA) is 63.6 Å². The van der Waals surface area contributed by atoms with Crippen molar-refractivity contribution in [1.82, 2.24) is 10.4 Å². The molecule has 1 N–H and O–H groups in total. The van der Waals surface area contributed by atoms with E-state index in [9.17, 15) is 4.79 Å². The Bertz CT molecular complexity index is 622. The Balaban J connectivity index is 2.02. The van der Waals surface area contributed by atoms with E-state index in [0.717, 1.165) is 17.0 Å². The molecule has 2 aromatic rings. The van der Waals surface area contributed by atoms with Gasteiger partial charge in [-0.2, -0.15) is 5.10 Å². The number of amides is 1. The monoisotopic (exact) mass is 283 g/mol. The maximum absolute atomic E-state index is 11.9. The highest BCUT2D eigenvalue weighted by molar-refractivity contribution is 6.00. The van der Waals surface area contributed by atoms with E-state index < -0.39 is 0 Å². The lowest BCUT2D eigenvalue weighted by Crippen LogP contribution is -2.19. The lowest BCUT2D eigenvalue weighted by Gasteiger charge is -2.05. The first kappa shape index (κ1) is 14.7. The second-order valence-corrected chi connectivity index (χ2v) is 4.33. The highest BCUT2D eigenvalue weighted by atomic mass is 16.5. The first-order chi connectivity index (χ1) is 10.2. The second-order valence-electron chi connectivity index (χ2n) is 4.33. The molecule has 0 aliphatic rings. The van der Waals surface area contributed by atoms with Crippen molar-refractivity contribution in [1.29, 1.82) is 0 Å². The first-order valence-electron chi connectivity index (χ1n) is 6.68. The van der Waals surface area contributed by atoms with E-state index in [4.69, 9.17) is 4.74 Å². The van der Waals surface area contributed by atoms with Crippen LogP contribution in [0.5, 0.6) is 5.75 Å². The van der Waals surface area contributed by atoms with Crippen LogP contribution in [0.15, 0.2) is 53.9 Å². The molecule has 0 unspecified atom stereocenters. The molecule has 1 heterocycles. The van der Waals surface area contributed by atoms with Gasteiger partial charge in [0.1, 0.15) is 5.75 Å². The molecule has 5 nitrogen and oxygen atoms in total. The van der Waals surface area contributed by atoms with Crippen LogP contribution in [-0.4, -0.2) is 23.2 Å². The van der Waals surface area contributed by atoms with Crippen LogP contribution in [0, 0.1) is 0 Å². The fourth-order valence-electron chi connectivity index (χ4n) is 1.73. The van der Waals surface area contributed by atoms with Gasteiger partial charge in [0, 0.05) is 18.0 Å². The minimum atomic E-state index is -0.261. The van der Waals surface area contributed by atoms with Crippen LogP contribution in [-0.2, 0) is 0 Å². The normalized spacial score (nSPS) is 11.0. The fourth-order valence-corrected chi connectivity index (χ4v) is 1.73. The molecule has 0 atom stereocenters. The molecule has 0 saturated carbocycles. The van der Waals surface area contributed by atoms with Gasteiger partial charge in [-0.3, -0.25) is 9.78 Å². The maximum atomic E-state index is 11.9. The Morgan fingerprint density at radius 2 is 1.81 bits per heavy atom. The van der Waals surface area contributed by atoms with E-state index in [2.05, 4.69) is 15.5 Å². The number of nitrogens with zero attached hydrogens (tertiary/aromatic N) is 2. The Morgan fingerprint density at radius 3 is 2.43 bits per heavy atom.